The van der Waals surface area contributed by atoms with Crippen LogP contribution in [-0.4, -0.2) is 78.3 Å². The number of aliphatic imine (C=N–C) groups is 1. The van der Waals surface area contributed by atoms with Crippen molar-refractivity contribution < 1.29 is 24.1 Å². The number of amides is 1. The Balaban J connectivity index is 1.33. The molecule has 4 heterocycles. The number of ether oxygens (including phenoxy) is 3. The molecule has 3 unspecified atom stereocenters. The lowest BCUT2D eigenvalue weighted by Crippen LogP contribution is -2.72. The molecule has 0 radical (unpaired) electrons. The molecule has 0 bridgehead atoms. The fourth-order valence-electron chi connectivity index (χ4n) is 4.19. The van der Waals surface area contributed by atoms with Crippen LogP contribution in [-0.2, 0) is 19.0 Å². The zero-order chi connectivity index (χ0) is 19.3. The standard InChI is InChI=1S/C18H23N5O5/c19-18-21-15-12(16(25)22-18)20-8-23(15)10-6-26-11-7-27-17(28-14(11)13(10)24)9-4-2-1-3-5-9/h1-5,8,10-15,17-18,21,24H,6-7,19H2,(H,22,25)/t10-,11-,12?,13+,14-,15?,17-,18?/m1/s1. The fourth-order valence-corrected chi connectivity index (χ4v) is 4.19. The third-order valence-electron chi connectivity index (χ3n) is 5.62. The molecule has 4 aliphatic rings. The molecule has 0 aromatic heterocycles. The number of rotatable bonds is 2. The number of fused-ring (bicyclic) bond motifs is 2. The van der Waals surface area contributed by atoms with E-state index >= 15 is 0 Å². The minimum Gasteiger partial charge on any atom is -0.388 e. The van der Waals surface area contributed by atoms with E-state index < -0.39 is 43.0 Å². The number of hydrogen-bond donors (Lipinski definition) is 4. The van der Waals surface area contributed by atoms with Crippen molar-refractivity contribution in [3.05, 3.63) is 35.9 Å². The van der Waals surface area contributed by atoms with E-state index in [1.165, 1.54) is 0 Å². The summed E-state index contributed by atoms with van der Waals surface area (Å²) in [7, 11) is 0. The van der Waals surface area contributed by atoms with Gasteiger partial charge >= 0.3 is 0 Å². The van der Waals surface area contributed by atoms with Crippen LogP contribution < -0.4 is 16.4 Å². The Bertz CT molecular complexity index is 764. The number of nitrogens with zero attached hydrogens (tertiary/aromatic N) is 2. The zero-order valence-electron chi connectivity index (χ0n) is 15.0. The van der Waals surface area contributed by atoms with Gasteiger partial charge in [-0.1, -0.05) is 30.3 Å². The maximum Gasteiger partial charge on any atom is 0.250 e. The molecule has 1 amide bonds. The van der Waals surface area contributed by atoms with E-state index in [-0.39, 0.29) is 18.6 Å². The molecule has 0 spiro atoms. The smallest absolute Gasteiger partial charge is 0.250 e. The van der Waals surface area contributed by atoms with E-state index in [2.05, 4.69) is 15.6 Å². The number of hydrogen-bond acceptors (Lipinski definition) is 9. The van der Waals surface area contributed by atoms with Crippen LogP contribution >= 0.6 is 0 Å². The zero-order valence-corrected chi connectivity index (χ0v) is 15.0. The summed E-state index contributed by atoms with van der Waals surface area (Å²) >= 11 is 0. The van der Waals surface area contributed by atoms with Gasteiger partial charge < -0.3 is 29.5 Å². The van der Waals surface area contributed by atoms with Crippen molar-refractivity contribution in [3.63, 3.8) is 0 Å². The van der Waals surface area contributed by atoms with Gasteiger partial charge in [0, 0.05) is 5.56 Å². The number of nitrogens with one attached hydrogen (secondary N) is 2. The maximum atomic E-state index is 12.1. The van der Waals surface area contributed by atoms with E-state index in [9.17, 15) is 9.90 Å². The van der Waals surface area contributed by atoms with Gasteiger partial charge in [-0.25, -0.2) is 0 Å². The van der Waals surface area contributed by atoms with Crippen LogP contribution in [0.2, 0.25) is 0 Å². The average molecular weight is 389 g/mol. The quantitative estimate of drug-likeness (QED) is 0.468. The molecule has 3 saturated heterocycles. The molecular formula is C18H23N5O5. The minimum absolute atomic E-state index is 0.245. The number of carbonyl (C=O) groups is 1. The van der Waals surface area contributed by atoms with Gasteiger partial charge in [-0.15, -0.1) is 0 Å². The molecule has 10 nitrogen and oxygen atoms in total. The van der Waals surface area contributed by atoms with E-state index in [1.54, 1.807) is 11.2 Å². The highest BCUT2D eigenvalue weighted by molar-refractivity contribution is 5.87. The second-order valence-electron chi connectivity index (χ2n) is 7.36. The topological polar surface area (TPSA) is 131 Å². The Kier molecular flexibility index (Phi) is 4.54. The van der Waals surface area contributed by atoms with Crippen LogP contribution in [0.4, 0.5) is 0 Å². The lowest BCUT2D eigenvalue weighted by atomic mass is 9.95. The van der Waals surface area contributed by atoms with Gasteiger partial charge in [-0.3, -0.25) is 20.8 Å². The Morgan fingerprint density at radius 2 is 2.04 bits per heavy atom. The van der Waals surface area contributed by atoms with Crippen LogP contribution in [0.15, 0.2) is 35.3 Å². The summed E-state index contributed by atoms with van der Waals surface area (Å²) in [5, 5.41) is 16.8. The summed E-state index contributed by atoms with van der Waals surface area (Å²) in [4.78, 5) is 18.2. The van der Waals surface area contributed by atoms with Crippen molar-refractivity contribution in [1.82, 2.24) is 15.5 Å². The molecule has 0 aliphatic carbocycles. The van der Waals surface area contributed by atoms with Crippen molar-refractivity contribution in [2.75, 3.05) is 13.2 Å². The van der Waals surface area contributed by atoms with E-state index in [1.807, 2.05) is 30.3 Å². The molecule has 150 valence electrons. The van der Waals surface area contributed by atoms with Crippen LogP contribution in [0.25, 0.3) is 0 Å². The second kappa shape index (κ2) is 7.07. The summed E-state index contributed by atoms with van der Waals surface area (Å²) in [6.07, 6.45) is -1.86. The van der Waals surface area contributed by atoms with Crippen molar-refractivity contribution in [1.29, 1.82) is 0 Å². The number of aliphatic hydroxyl groups is 1. The number of benzene rings is 1. The molecular weight excluding hydrogens is 366 g/mol. The minimum atomic E-state index is -0.845. The highest BCUT2D eigenvalue weighted by atomic mass is 16.7. The van der Waals surface area contributed by atoms with Crippen molar-refractivity contribution in [3.8, 4) is 0 Å². The van der Waals surface area contributed by atoms with E-state index in [4.69, 9.17) is 19.9 Å². The van der Waals surface area contributed by atoms with Gasteiger partial charge in [0.25, 0.3) is 5.91 Å². The van der Waals surface area contributed by atoms with Gasteiger partial charge in [0.15, 0.2) is 12.3 Å². The van der Waals surface area contributed by atoms with Crippen molar-refractivity contribution >= 4 is 12.2 Å². The van der Waals surface area contributed by atoms with Gasteiger partial charge in [-0.05, 0) is 0 Å². The second-order valence-corrected chi connectivity index (χ2v) is 7.36. The molecule has 28 heavy (non-hydrogen) atoms. The molecule has 1 aromatic rings. The predicted octanol–water partition coefficient (Wildman–Crippen LogP) is -1.77. The lowest BCUT2D eigenvalue weighted by molar-refractivity contribution is -0.307. The van der Waals surface area contributed by atoms with Gasteiger partial charge in [0.2, 0.25) is 0 Å². The first-order valence-electron chi connectivity index (χ1n) is 9.36. The molecule has 5 N–H and O–H groups in total. The normalized spacial score (nSPS) is 42.6. The summed E-state index contributed by atoms with van der Waals surface area (Å²) in [5.41, 5.74) is 6.72. The number of aliphatic hydroxyl groups excluding tert-OH is 1. The molecule has 8 atom stereocenters. The largest absolute Gasteiger partial charge is 0.388 e. The molecule has 0 saturated carbocycles. The summed E-state index contributed by atoms with van der Waals surface area (Å²) in [6, 6.07) is 8.54. The Labute approximate surface area is 161 Å². The molecule has 4 aliphatic heterocycles. The fraction of sp³-hybridized carbons (Fsp3) is 0.556. The number of nitrogens with two attached hydrogens (primary N) is 1. The maximum absolute atomic E-state index is 12.1. The SMILES string of the molecule is NC1NC(=O)C2N=CN([C@@H]3CO[C@@H]4CO[C@@H](c5ccccc5)O[C@H]4[C@H]3O)C2N1. The first kappa shape index (κ1) is 18.0. The molecule has 3 fully saturated rings. The van der Waals surface area contributed by atoms with Gasteiger partial charge in [0.1, 0.15) is 30.8 Å². The van der Waals surface area contributed by atoms with Crippen molar-refractivity contribution in [2.45, 2.75) is 49.1 Å². The molecule has 10 heteroatoms. The van der Waals surface area contributed by atoms with Gasteiger partial charge in [-0.2, -0.15) is 0 Å². The monoisotopic (exact) mass is 389 g/mol. The Morgan fingerprint density at radius 3 is 2.86 bits per heavy atom. The summed E-state index contributed by atoms with van der Waals surface area (Å²) in [6.45, 7) is 0.596. The Hall–Kier alpha value is -2.08. The molecule has 1 aromatic carbocycles. The lowest BCUT2D eigenvalue weighted by Gasteiger charge is -2.48. The first-order chi connectivity index (χ1) is 13.6. The van der Waals surface area contributed by atoms with Crippen LogP contribution in [0.1, 0.15) is 11.9 Å². The predicted molar refractivity (Wildman–Crippen MR) is 96.7 cm³/mol. The third kappa shape index (κ3) is 2.98. The highest BCUT2D eigenvalue weighted by Gasteiger charge is 2.51. The van der Waals surface area contributed by atoms with E-state index in [0.29, 0.717) is 6.61 Å². The van der Waals surface area contributed by atoms with Crippen LogP contribution in [0, 0.1) is 0 Å². The Morgan fingerprint density at radius 1 is 1.21 bits per heavy atom. The summed E-state index contributed by atoms with van der Waals surface area (Å²) in [5.74, 6) is -0.245. The molecule has 5 rings (SSSR count). The highest BCUT2D eigenvalue weighted by Crippen LogP contribution is 2.34. The van der Waals surface area contributed by atoms with Gasteiger partial charge in [0.05, 0.1) is 25.6 Å². The average Bonchev–Trinajstić information content (AvgIpc) is 3.13. The van der Waals surface area contributed by atoms with E-state index in [0.717, 1.165) is 5.56 Å². The van der Waals surface area contributed by atoms with Crippen LogP contribution in [0.5, 0.6) is 0 Å². The first-order valence-corrected chi connectivity index (χ1v) is 9.36. The van der Waals surface area contributed by atoms with Crippen LogP contribution in [0.3, 0.4) is 0 Å². The number of carbonyl (C=O) groups excluding carboxylic acids is 1. The summed E-state index contributed by atoms with van der Waals surface area (Å²) < 4.78 is 17.8. The third-order valence-corrected chi connectivity index (χ3v) is 5.62. The van der Waals surface area contributed by atoms with Crippen molar-refractivity contribution in [2.24, 2.45) is 10.7 Å².